The summed E-state index contributed by atoms with van der Waals surface area (Å²) in [5.74, 6) is 1.07. The number of rotatable bonds is 6. The monoisotopic (exact) mass is 368 g/mol. The number of nitrogens with zero attached hydrogens (tertiary/aromatic N) is 1. The summed E-state index contributed by atoms with van der Waals surface area (Å²) in [6.45, 7) is 7.48. The van der Waals surface area contributed by atoms with E-state index in [1.807, 2.05) is 18.9 Å². The maximum atomic E-state index is 13.4. The fraction of sp³-hybridized carbons (Fsp3) is 0.650. The van der Waals surface area contributed by atoms with Crippen LogP contribution in [0.4, 0.5) is 0 Å². The molecule has 2 N–H and O–H groups in total. The van der Waals surface area contributed by atoms with Crippen LogP contribution < -0.4 is 10.5 Å². The van der Waals surface area contributed by atoms with Crippen LogP contribution in [0.5, 0.6) is 5.75 Å². The Labute approximate surface area is 158 Å². The number of carbonyl (C=O) groups is 1. The lowest BCUT2D eigenvalue weighted by Crippen LogP contribution is -2.48. The predicted octanol–water partition coefficient (Wildman–Crippen LogP) is 3.68. The molecule has 0 spiro atoms. The molecule has 1 amide bonds. The second-order valence-electron chi connectivity index (χ2n) is 8.00. The van der Waals surface area contributed by atoms with Crippen molar-refractivity contribution in [1.29, 1.82) is 0 Å². The van der Waals surface area contributed by atoms with E-state index in [1.54, 1.807) is 7.11 Å². The number of carbonyl (C=O) groups excluding carboxylic acids is 1. The van der Waals surface area contributed by atoms with Crippen molar-refractivity contribution in [2.75, 3.05) is 27.2 Å². The van der Waals surface area contributed by atoms with Gasteiger partial charge in [0.2, 0.25) is 5.91 Å². The van der Waals surface area contributed by atoms with E-state index in [4.69, 9.17) is 10.5 Å². The first-order valence-electron chi connectivity index (χ1n) is 8.86. The number of methoxy groups -OCH3 is 1. The van der Waals surface area contributed by atoms with Crippen molar-refractivity contribution in [3.63, 3.8) is 0 Å². The van der Waals surface area contributed by atoms with E-state index >= 15 is 0 Å². The van der Waals surface area contributed by atoms with Crippen molar-refractivity contribution in [3.8, 4) is 5.75 Å². The Morgan fingerprint density at radius 2 is 1.92 bits per heavy atom. The van der Waals surface area contributed by atoms with Crippen molar-refractivity contribution in [2.45, 2.75) is 51.9 Å². The molecular weight excluding hydrogens is 336 g/mol. The summed E-state index contributed by atoms with van der Waals surface area (Å²) in [5.41, 5.74) is 7.55. The minimum absolute atomic E-state index is 0. The van der Waals surface area contributed by atoms with Crippen molar-refractivity contribution in [1.82, 2.24) is 4.90 Å². The first-order valence-corrected chi connectivity index (χ1v) is 8.86. The second kappa shape index (κ2) is 8.41. The molecule has 0 heterocycles. The highest BCUT2D eigenvalue weighted by molar-refractivity contribution is 5.88. The summed E-state index contributed by atoms with van der Waals surface area (Å²) in [4.78, 5) is 15.3. The van der Waals surface area contributed by atoms with Gasteiger partial charge in [0.15, 0.2) is 0 Å². The molecule has 25 heavy (non-hydrogen) atoms. The number of ether oxygens (including phenoxy) is 1. The first kappa shape index (κ1) is 21.8. The molecule has 0 aromatic heterocycles. The molecule has 142 valence electrons. The zero-order chi connectivity index (χ0) is 18.0. The smallest absolute Gasteiger partial charge is 0.232 e. The van der Waals surface area contributed by atoms with Crippen molar-refractivity contribution >= 4 is 18.3 Å². The summed E-state index contributed by atoms with van der Waals surface area (Å²) in [7, 11) is 3.59. The van der Waals surface area contributed by atoms with Gasteiger partial charge in [0.1, 0.15) is 5.75 Å². The van der Waals surface area contributed by atoms with Gasteiger partial charge in [-0.05, 0) is 48.9 Å². The molecule has 0 atom stereocenters. The number of nitrogens with two attached hydrogens (primary N) is 1. The van der Waals surface area contributed by atoms with Crippen molar-refractivity contribution < 1.29 is 9.53 Å². The third-order valence-corrected chi connectivity index (χ3v) is 5.39. The highest BCUT2D eigenvalue weighted by Gasteiger charge is 2.45. The van der Waals surface area contributed by atoms with E-state index in [-0.39, 0.29) is 23.7 Å². The number of likely N-dealkylation sites (N-methyl/N-ethyl adjacent to an activating group) is 1. The Hall–Kier alpha value is -1.26. The van der Waals surface area contributed by atoms with Gasteiger partial charge in [-0.1, -0.05) is 38.8 Å². The van der Waals surface area contributed by atoms with Crippen LogP contribution >= 0.6 is 12.4 Å². The first-order chi connectivity index (χ1) is 11.3. The molecule has 0 aliphatic heterocycles. The Morgan fingerprint density at radius 3 is 2.44 bits per heavy atom. The third-order valence-electron chi connectivity index (χ3n) is 5.39. The second-order valence-corrected chi connectivity index (χ2v) is 8.00. The van der Waals surface area contributed by atoms with Gasteiger partial charge < -0.3 is 15.4 Å². The molecule has 1 saturated carbocycles. The van der Waals surface area contributed by atoms with E-state index in [9.17, 15) is 4.79 Å². The minimum atomic E-state index is -0.416. The van der Waals surface area contributed by atoms with E-state index in [0.717, 1.165) is 42.6 Å². The summed E-state index contributed by atoms with van der Waals surface area (Å²) in [6, 6.07) is 6.22. The van der Waals surface area contributed by atoms with Gasteiger partial charge in [0, 0.05) is 13.6 Å². The van der Waals surface area contributed by atoms with Crippen LogP contribution in [0.1, 0.15) is 50.7 Å². The molecule has 1 aliphatic rings. The molecule has 1 aromatic carbocycles. The molecule has 0 unspecified atom stereocenters. The zero-order valence-electron chi connectivity index (χ0n) is 16.2. The molecule has 0 radical (unpaired) electrons. The number of amides is 1. The van der Waals surface area contributed by atoms with Gasteiger partial charge in [0.25, 0.3) is 0 Å². The standard InChI is InChI=1S/C20H32N2O2.ClH/c1-15-8-9-16(12-17(15)24-5)20(10-6-7-11-20)18(23)22(4)14-19(2,3)13-21;/h8-9,12H,6-7,10-11,13-14,21H2,1-5H3;1H. The molecule has 2 rings (SSSR count). The average molecular weight is 369 g/mol. The van der Waals surface area contributed by atoms with E-state index < -0.39 is 5.41 Å². The van der Waals surface area contributed by atoms with Crippen LogP contribution in [-0.2, 0) is 10.2 Å². The van der Waals surface area contributed by atoms with E-state index in [0.29, 0.717) is 13.1 Å². The number of hydrogen-bond donors (Lipinski definition) is 1. The van der Waals surface area contributed by atoms with Crippen LogP contribution in [0.3, 0.4) is 0 Å². The molecule has 0 saturated heterocycles. The number of benzene rings is 1. The molecule has 0 bridgehead atoms. The van der Waals surface area contributed by atoms with E-state index in [1.165, 1.54) is 0 Å². The maximum Gasteiger partial charge on any atom is 0.232 e. The number of aryl methyl sites for hydroxylation is 1. The van der Waals surface area contributed by atoms with Gasteiger partial charge in [-0.25, -0.2) is 0 Å². The topological polar surface area (TPSA) is 55.6 Å². The molecule has 5 heteroatoms. The van der Waals surface area contributed by atoms with Crippen LogP contribution in [0.15, 0.2) is 18.2 Å². The quantitative estimate of drug-likeness (QED) is 0.833. The Morgan fingerprint density at radius 1 is 1.32 bits per heavy atom. The van der Waals surface area contributed by atoms with E-state index in [2.05, 4.69) is 32.0 Å². The molecule has 1 aromatic rings. The van der Waals surface area contributed by atoms with Gasteiger partial charge in [-0.2, -0.15) is 0 Å². The zero-order valence-corrected chi connectivity index (χ0v) is 17.0. The third kappa shape index (κ3) is 4.48. The summed E-state index contributed by atoms with van der Waals surface area (Å²) in [6.07, 6.45) is 4.00. The number of halogens is 1. The van der Waals surface area contributed by atoms with Gasteiger partial charge in [-0.15, -0.1) is 12.4 Å². The van der Waals surface area contributed by atoms with Gasteiger partial charge in [-0.3, -0.25) is 4.79 Å². The normalized spacial score (nSPS) is 16.2. The van der Waals surface area contributed by atoms with Gasteiger partial charge in [0.05, 0.1) is 12.5 Å². The Balaban J connectivity index is 0.00000312. The van der Waals surface area contributed by atoms with Crippen LogP contribution in [-0.4, -0.2) is 38.1 Å². The van der Waals surface area contributed by atoms with Gasteiger partial charge >= 0.3 is 0 Å². The fourth-order valence-corrected chi connectivity index (χ4v) is 3.87. The average Bonchev–Trinajstić information content (AvgIpc) is 3.05. The molecular formula is C20H33ClN2O2. The summed E-state index contributed by atoms with van der Waals surface area (Å²) in [5, 5.41) is 0. The minimum Gasteiger partial charge on any atom is -0.496 e. The van der Waals surface area contributed by atoms with Crippen LogP contribution in [0.25, 0.3) is 0 Å². The lowest BCUT2D eigenvalue weighted by molar-refractivity contribution is -0.137. The van der Waals surface area contributed by atoms with Crippen LogP contribution in [0, 0.1) is 12.3 Å². The Bertz CT molecular complexity index is 595. The molecule has 1 fully saturated rings. The summed E-state index contributed by atoms with van der Waals surface area (Å²) >= 11 is 0. The number of hydrogen-bond acceptors (Lipinski definition) is 3. The lowest BCUT2D eigenvalue weighted by Gasteiger charge is -2.36. The highest BCUT2D eigenvalue weighted by atomic mass is 35.5. The molecule has 4 nitrogen and oxygen atoms in total. The van der Waals surface area contributed by atoms with Crippen LogP contribution in [0.2, 0.25) is 0 Å². The highest BCUT2D eigenvalue weighted by Crippen LogP contribution is 2.44. The van der Waals surface area contributed by atoms with Crippen molar-refractivity contribution in [2.24, 2.45) is 11.1 Å². The lowest BCUT2D eigenvalue weighted by atomic mass is 9.76. The summed E-state index contributed by atoms with van der Waals surface area (Å²) < 4.78 is 5.49. The largest absolute Gasteiger partial charge is 0.496 e. The predicted molar refractivity (Wildman–Crippen MR) is 106 cm³/mol. The Kier molecular flexibility index (Phi) is 7.33. The SMILES string of the molecule is COc1cc(C2(C(=O)N(C)CC(C)(C)CN)CCCC2)ccc1C.Cl. The molecule has 1 aliphatic carbocycles. The maximum absolute atomic E-state index is 13.4. The van der Waals surface area contributed by atoms with Crippen molar-refractivity contribution in [3.05, 3.63) is 29.3 Å². The fourth-order valence-electron chi connectivity index (χ4n) is 3.87.